The highest BCUT2D eigenvalue weighted by Crippen LogP contribution is 2.32. The van der Waals surface area contributed by atoms with Crippen LogP contribution >= 0.6 is 0 Å². The van der Waals surface area contributed by atoms with Crippen LogP contribution in [-0.2, 0) is 4.79 Å². The predicted molar refractivity (Wildman–Crippen MR) is 61.6 cm³/mol. The Morgan fingerprint density at radius 2 is 2.12 bits per heavy atom. The number of aliphatic carboxylic acids is 1. The molecule has 1 aliphatic carbocycles. The van der Waals surface area contributed by atoms with Gasteiger partial charge in [0.1, 0.15) is 6.04 Å². The molecule has 3 N–H and O–H groups in total. The number of aliphatic hydroxyl groups is 1. The third-order valence-electron chi connectivity index (χ3n) is 2.89. The van der Waals surface area contributed by atoms with Gasteiger partial charge in [-0.15, -0.1) is 0 Å². The first-order valence-electron chi connectivity index (χ1n) is 5.99. The summed E-state index contributed by atoms with van der Waals surface area (Å²) >= 11 is 0. The Hall–Kier alpha value is -1.30. The molecule has 1 saturated carbocycles. The number of hydrogen-bond donors (Lipinski definition) is 3. The number of nitrogens with one attached hydrogen (secondary N) is 1. The maximum Gasteiger partial charge on any atom is 0.326 e. The molecular weight excluding hydrogens is 224 g/mol. The second-order valence-electron chi connectivity index (χ2n) is 4.26. The molecule has 1 fully saturated rings. The van der Waals surface area contributed by atoms with Crippen molar-refractivity contribution in [3.8, 4) is 0 Å². The number of carboxylic acid groups (broad SMARTS) is 1. The summed E-state index contributed by atoms with van der Waals surface area (Å²) in [6.45, 7) is 2.79. The average Bonchev–Trinajstić information content (AvgIpc) is 3.10. The standard InChI is InChI=1S/C11H20N2O4/c1-2-13(6-3-7-14)11(17)12-9(10(15)16)8-4-5-8/h8-9,14H,2-7H2,1H3,(H,12,17)(H,15,16). The molecule has 0 aromatic rings. The van der Waals surface area contributed by atoms with E-state index in [0.717, 1.165) is 12.8 Å². The van der Waals surface area contributed by atoms with Crippen LogP contribution in [-0.4, -0.2) is 52.9 Å². The fourth-order valence-electron chi connectivity index (χ4n) is 1.70. The number of carboxylic acids is 1. The smallest absolute Gasteiger partial charge is 0.326 e. The molecule has 0 heterocycles. The SMILES string of the molecule is CCN(CCCO)C(=O)NC(C(=O)O)C1CC1. The summed E-state index contributed by atoms with van der Waals surface area (Å²) in [5, 5.41) is 20.2. The fraction of sp³-hybridized carbons (Fsp3) is 0.818. The van der Waals surface area contributed by atoms with Crippen molar-refractivity contribution in [2.45, 2.75) is 32.2 Å². The monoisotopic (exact) mass is 244 g/mol. The molecule has 0 aromatic carbocycles. The molecule has 0 saturated heterocycles. The fourth-order valence-corrected chi connectivity index (χ4v) is 1.70. The highest BCUT2D eigenvalue weighted by atomic mass is 16.4. The Balaban J connectivity index is 2.46. The molecule has 0 aromatic heterocycles. The van der Waals surface area contributed by atoms with Crippen molar-refractivity contribution in [3.63, 3.8) is 0 Å². The summed E-state index contributed by atoms with van der Waals surface area (Å²) in [6, 6.07) is -1.13. The zero-order valence-corrected chi connectivity index (χ0v) is 10.1. The molecule has 2 amide bonds. The van der Waals surface area contributed by atoms with Crippen LogP contribution in [0.3, 0.4) is 0 Å². The van der Waals surface area contributed by atoms with Gasteiger partial charge in [0.15, 0.2) is 0 Å². The van der Waals surface area contributed by atoms with Gasteiger partial charge < -0.3 is 20.4 Å². The van der Waals surface area contributed by atoms with Crippen LogP contribution in [0.15, 0.2) is 0 Å². The van der Waals surface area contributed by atoms with Gasteiger partial charge in [-0.3, -0.25) is 0 Å². The van der Waals surface area contributed by atoms with E-state index in [2.05, 4.69) is 5.32 Å². The Bertz CT molecular complexity index is 279. The second-order valence-corrected chi connectivity index (χ2v) is 4.26. The lowest BCUT2D eigenvalue weighted by Gasteiger charge is -2.23. The van der Waals surface area contributed by atoms with Gasteiger partial charge >= 0.3 is 12.0 Å². The van der Waals surface area contributed by atoms with Crippen LogP contribution < -0.4 is 5.32 Å². The van der Waals surface area contributed by atoms with Crippen molar-refractivity contribution in [1.29, 1.82) is 0 Å². The summed E-state index contributed by atoms with van der Waals surface area (Å²) in [6.07, 6.45) is 2.22. The molecule has 6 heteroatoms. The minimum Gasteiger partial charge on any atom is -0.480 e. The Labute approximate surface area is 101 Å². The van der Waals surface area contributed by atoms with Crippen molar-refractivity contribution in [2.75, 3.05) is 19.7 Å². The summed E-state index contributed by atoms with van der Waals surface area (Å²) in [5.74, 6) is -0.896. The third-order valence-corrected chi connectivity index (χ3v) is 2.89. The van der Waals surface area contributed by atoms with E-state index in [-0.39, 0.29) is 18.6 Å². The number of urea groups is 1. The van der Waals surface area contributed by atoms with E-state index in [1.807, 2.05) is 6.92 Å². The summed E-state index contributed by atoms with van der Waals surface area (Å²) in [5.41, 5.74) is 0. The third kappa shape index (κ3) is 4.22. The summed E-state index contributed by atoms with van der Waals surface area (Å²) in [7, 11) is 0. The van der Waals surface area contributed by atoms with E-state index in [0.29, 0.717) is 19.5 Å². The molecule has 0 radical (unpaired) electrons. The van der Waals surface area contributed by atoms with E-state index in [9.17, 15) is 9.59 Å². The number of rotatable bonds is 7. The number of carbonyl (C=O) groups is 2. The number of amides is 2. The molecule has 17 heavy (non-hydrogen) atoms. The van der Waals surface area contributed by atoms with Crippen LogP contribution in [0, 0.1) is 5.92 Å². The first-order chi connectivity index (χ1) is 8.10. The lowest BCUT2D eigenvalue weighted by atomic mass is 10.2. The molecule has 1 rings (SSSR count). The molecular formula is C11H20N2O4. The molecule has 0 spiro atoms. The number of hydrogen-bond acceptors (Lipinski definition) is 3. The van der Waals surface area contributed by atoms with Crippen LogP contribution in [0.5, 0.6) is 0 Å². The molecule has 1 unspecified atom stereocenters. The minimum absolute atomic E-state index is 0.0226. The van der Waals surface area contributed by atoms with Crippen molar-refractivity contribution in [2.24, 2.45) is 5.92 Å². The summed E-state index contributed by atoms with van der Waals surface area (Å²) in [4.78, 5) is 24.3. The summed E-state index contributed by atoms with van der Waals surface area (Å²) < 4.78 is 0. The van der Waals surface area contributed by atoms with E-state index < -0.39 is 12.0 Å². The highest BCUT2D eigenvalue weighted by molar-refractivity contribution is 5.83. The van der Waals surface area contributed by atoms with Crippen LogP contribution in [0.25, 0.3) is 0 Å². The van der Waals surface area contributed by atoms with Crippen LogP contribution in [0.4, 0.5) is 4.79 Å². The Morgan fingerprint density at radius 3 is 2.53 bits per heavy atom. The lowest BCUT2D eigenvalue weighted by molar-refractivity contribution is -0.139. The van der Waals surface area contributed by atoms with E-state index in [1.54, 1.807) is 0 Å². The first-order valence-corrected chi connectivity index (χ1v) is 5.99. The van der Waals surface area contributed by atoms with Gasteiger partial charge in [-0.25, -0.2) is 9.59 Å². The van der Waals surface area contributed by atoms with Gasteiger partial charge in [0, 0.05) is 19.7 Å². The van der Waals surface area contributed by atoms with Crippen LogP contribution in [0.2, 0.25) is 0 Å². The molecule has 1 aliphatic rings. The van der Waals surface area contributed by atoms with Crippen molar-refractivity contribution < 1.29 is 19.8 Å². The van der Waals surface area contributed by atoms with Gasteiger partial charge in [0.2, 0.25) is 0 Å². The zero-order chi connectivity index (χ0) is 12.8. The number of aliphatic hydroxyl groups excluding tert-OH is 1. The number of carbonyl (C=O) groups excluding carboxylic acids is 1. The minimum atomic E-state index is -0.973. The average molecular weight is 244 g/mol. The molecule has 0 aliphatic heterocycles. The number of nitrogens with zero attached hydrogens (tertiary/aromatic N) is 1. The molecule has 0 bridgehead atoms. The van der Waals surface area contributed by atoms with E-state index in [1.165, 1.54) is 4.90 Å². The second kappa shape index (κ2) is 6.44. The maximum absolute atomic E-state index is 11.8. The van der Waals surface area contributed by atoms with Crippen molar-refractivity contribution >= 4 is 12.0 Å². The quantitative estimate of drug-likeness (QED) is 0.599. The maximum atomic E-state index is 11.8. The van der Waals surface area contributed by atoms with Crippen LogP contribution in [0.1, 0.15) is 26.2 Å². The van der Waals surface area contributed by atoms with Gasteiger partial charge in [0.05, 0.1) is 0 Å². The van der Waals surface area contributed by atoms with E-state index in [4.69, 9.17) is 10.2 Å². The largest absolute Gasteiger partial charge is 0.480 e. The topological polar surface area (TPSA) is 89.9 Å². The lowest BCUT2D eigenvalue weighted by Crippen LogP contribution is -2.49. The normalized spacial score (nSPS) is 16.4. The highest BCUT2D eigenvalue weighted by Gasteiger charge is 2.37. The Morgan fingerprint density at radius 1 is 1.47 bits per heavy atom. The van der Waals surface area contributed by atoms with E-state index >= 15 is 0 Å². The van der Waals surface area contributed by atoms with Gasteiger partial charge in [-0.2, -0.15) is 0 Å². The Kier molecular flexibility index (Phi) is 5.21. The molecule has 6 nitrogen and oxygen atoms in total. The van der Waals surface area contributed by atoms with Gasteiger partial charge in [-0.05, 0) is 32.1 Å². The van der Waals surface area contributed by atoms with Crippen molar-refractivity contribution in [1.82, 2.24) is 10.2 Å². The zero-order valence-electron chi connectivity index (χ0n) is 10.1. The van der Waals surface area contributed by atoms with Gasteiger partial charge in [-0.1, -0.05) is 0 Å². The predicted octanol–water partition coefficient (Wildman–Crippen LogP) is 0.263. The van der Waals surface area contributed by atoms with Crippen molar-refractivity contribution in [3.05, 3.63) is 0 Å². The van der Waals surface area contributed by atoms with Gasteiger partial charge in [0.25, 0.3) is 0 Å². The molecule has 1 atom stereocenters. The molecule has 98 valence electrons. The first kappa shape index (κ1) is 13.8.